The molecule has 2 aliphatic heterocycles. The molecule has 1 unspecified atom stereocenters. The minimum atomic E-state index is -0.0907. The summed E-state index contributed by atoms with van der Waals surface area (Å²) in [5.74, 6) is 0.587. The van der Waals surface area contributed by atoms with Gasteiger partial charge in [-0.25, -0.2) is 0 Å². The highest BCUT2D eigenvalue weighted by Crippen LogP contribution is 2.39. The van der Waals surface area contributed by atoms with E-state index in [1.54, 1.807) is 19.8 Å². The average molecular weight is 583 g/mol. The summed E-state index contributed by atoms with van der Waals surface area (Å²) < 4.78 is 9.92. The number of fused-ring (bicyclic) bond motifs is 4. The first-order valence-corrected chi connectivity index (χ1v) is 15.1. The maximum Gasteiger partial charge on any atom is 0.258 e. The van der Waals surface area contributed by atoms with Crippen molar-refractivity contribution in [2.45, 2.75) is 44.9 Å². The van der Waals surface area contributed by atoms with Crippen molar-refractivity contribution in [3.05, 3.63) is 94.0 Å². The topological polar surface area (TPSA) is 39.4 Å². The van der Waals surface area contributed by atoms with Crippen LogP contribution < -0.4 is 10.3 Å². The molecule has 174 valence electrons. The number of hydrogen-bond donors (Lipinski definition) is 0. The number of benzene rings is 2. The Balaban J connectivity index is 1.32. The highest BCUT2D eigenvalue weighted by molar-refractivity contribution is 14.2. The predicted molar refractivity (Wildman–Crippen MR) is 147 cm³/mol. The van der Waals surface area contributed by atoms with E-state index in [-0.39, 0.29) is 5.56 Å². The maximum absolute atomic E-state index is 13.0. The highest BCUT2D eigenvalue weighted by atomic mass is 127. The predicted octanol–water partition coefficient (Wildman–Crippen LogP) is 6.13. The molecule has 1 saturated heterocycles. The monoisotopic (exact) mass is 583 g/mol. The number of pyridine rings is 1. The molecule has 4 aromatic rings. The van der Waals surface area contributed by atoms with Gasteiger partial charge in [-0.15, -0.1) is 0 Å². The quantitative estimate of drug-likeness (QED) is 0.265. The minimum absolute atomic E-state index is 0.0907. The Kier molecular flexibility index (Phi) is 6.17. The van der Waals surface area contributed by atoms with Crippen LogP contribution in [0.5, 0.6) is 5.75 Å². The maximum atomic E-state index is 13.0. The van der Waals surface area contributed by atoms with Crippen molar-refractivity contribution in [1.82, 2.24) is 13.4 Å². The molecule has 1 atom stereocenters. The van der Waals surface area contributed by atoms with Crippen molar-refractivity contribution >= 4 is 41.2 Å². The Bertz CT molecular complexity index is 1400. The van der Waals surface area contributed by atoms with Gasteiger partial charge < -0.3 is 4.74 Å². The van der Waals surface area contributed by atoms with Gasteiger partial charge in [-0.1, -0.05) is 42.8 Å². The van der Waals surface area contributed by atoms with E-state index in [0.29, 0.717) is 18.4 Å². The molecular formula is C27H26IN3O2S. The standard InChI is InChI=1S/C27H26IN3O2S/c28-34-31-25-15-21(9-10-23(25)24-17-29-12-5-4-8-20(29)14-26(24)31)30-13-11-22(16-27(30)32)33-18-19-6-2-1-3-7-19/h1-3,6-7,9-11,13,15-16,20H,4-5,8,12,14,17-18H2. The van der Waals surface area contributed by atoms with E-state index in [9.17, 15) is 4.79 Å². The van der Waals surface area contributed by atoms with Gasteiger partial charge in [-0.3, -0.25) is 18.2 Å². The molecule has 0 radical (unpaired) electrons. The molecule has 2 aromatic heterocycles. The summed E-state index contributed by atoms with van der Waals surface area (Å²) in [6.07, 6.45) is 6.87. The van der Waals surface area contributed by atoms with Gasteiger partial charge in [0, 0.05) is 72.7 Å². The van der Waals surface area contributed by atoms with E-state index >= 15 is 0 Å². The summed E-state index contributed by atoms with van der Waals surface area (Å²) in [4.78, 5) is 15.6. The third-order valence-electron chi connectivity index (χ3n) is 7.14. The van der Waals surface area contributed by atoms with E-state index < -0.39 is 0 Å². The van der Waals surface area contributed by atoms with Crippen molar-refractivity contribution in [2.24, 2.45) is 0 Å². The fourth-order valence-electron chi connectivity index (χ4n) is 5.41. The van der Waals surface area contributed by atoms with Crippen molar-refractivity contribution < 1.29 is 4.74 Å². The number of aromatic nitrogens is 2. The van der Waals surface area contributed by atoms with E-state index in [4.69, 9.17) is 4.74 Å². The summed E-state index contributed by atoms with van der Waals surface area (Å²) in [6.45, 7) is 2.69. The summed E-state index contributed by atoms with van der Waals surface area (Å²) in [5, 5.41) is 1.31. The fraction of sp³-hybridized carbons (Fsp3) is 0.296. The van der Waals surface area contributed by atoms with Crippen LogP contribution in [0.4, 0.5) is 0 Å². The second kappa shape index (κ2) is 9.43. The Labute approximate surface area is 215 Å². The molecule has 4 heterocycles. The molecule has 6 rings (SSSR count). The van der Waals surface area contributed by atoms with Crippen LogP contribution in [-0.4, -0.2) is 26.0 Å². The molecule has 2 aromatic carbocycles. The largest absolute Gasteiger partial charge is 0.489 e. The van der Waals surface area contributed by atoms with Crippen molar-refractivity contribution in [2.75, 3.05) is 6.54 Å². The van der Waals surface area contributed by atoms with Crippen LogP contribution in [-0.2, 0) is 19.6 Å². The number of halogens is 1. The summed E-state index contributed by atoms with van der Waals surface area (Å²) >= 11 is 2.38. The zero-order valence-electron chi connectivity index (χ0n) is 18.8. The molecule has 0 N–H and O–H groups in total. The van der Waals surface area contributed by atoms with Crippen LogP contribution in [0.2, 0.25) is 0 Å². The lowest BCUT2D eigenvalue weighted by Crippen LogP contribution is -2.43. The van der Waals surface area contributed by atoms with Crippen LogP contribution in [0.25, 0.3) is 16.6 Å². The van der Waals surface area contributed by atoms with Gasteiger partial charge in [0.1, 0.15) is 12.4 Å². The summed E-state index contributed by atoms with van der Waals surface area (Å²) in [5.41, 5.74) is 5.97. The second-order valence-corrected chi connectivity index (χ2v) is 10.8. The van der Waals surface area contributed by atoms with Crippen molar-refractivity contribution in [1.29, 1.82) is 0 Å². The van der Waals surface area contributed by atoms with Crippen LogP contribution in [0.15, 0.2) is 71.7 Å². The smallest absolute Gasteiger partial charge is 0.258 e. The van der Waals surface area contributed by atoms with E-state index in [1.807, 2.05) is 42.6 Å². The van der Waals surface area contributed by atoms with Crippen molar-refractivity contribution in [3.63, 3.8) is 0 Å². The van der Waals surface area contributed by atoms with Crippen molar-refractivity contribution in [3.8, 4) is 11.4 Å². The third-order valence-corrected chi connectivity index (χ3v) is 8.88. The molecular weight excluding hydrogens is 557 g/mol. The van der Waals surface area contributed by atoms with Gasteiger partial charge in [0.05, 0.1) is 11.2 Å². The summed E-state index contributed by atoms with van der Waals surface area (Å²) in [6, 6.07) is 20.5. The van der Waals surface area contributed by atoms with Crippen LogP contribution >= 0.6 is 30.3 Å². The molecule has 34 heavy (non-hydrogen) atoms. The first kappa shape index (κ1) is 22.2. The van der Waals surface area contributed by atoms with E-state index in [0.717, 1.165) is 24.2 Å². The van der Waals surface area contributed by atoms with E-state index in [1.165, 1.54) is 48.0 Å². The Morgan fingerprint density at radius 3 is 2.76 bits per heavy atom. The molecule has 0 saturated carbocycles. The lowest BCUT2D eigenvalue weighted by Gasteiger charge is -2.39. The van der Waals surface area contributed by atoms with Gasteiger partial charge in [0.25, 0.3) is 5.56 Å². The number of hydrogen-bond acceptors (Lipinski definition) is 4. The van der Waals surface area contributed by atoms with Crippen LogP contribution in [0.3, 0.4) is 0 Å². The average Bonchev–Trinajstić information content (AvgIpc) is 3.18. The molecule has 7 heteroatoms. The molecule has 0 bridgehead atoms. The zero-order valence-corrected chi connectivity index (χ0v) is 21.8. The first-order valence-electron chi connectivity index (χ1n) is 11.8. The zero-order chi connectivity index (χ0) is 23.1. The molecule has 2 aliphatic rings. The van der Waals surface area contributed by atoms with Crippen LogP contribution in [0, 0.1) is 0 Å². The number of ether oxygens (including phenoxy) is 1. The van der Waals surface area contributed by atoms with Gasteiger partial charge >= 0.3 is 0 Å². The molecule has 0 amide bonds. The lowest BCUT2D eigenvalue weighted by molar-refractivity contribution is 0.127. The first-order chi connectivity index (χ1) is 16.7. The highest BCUT2D eigenvalue weighted by Gasteiger charge is 2.32. The van der Waals surface area contributed by atoms with Gasteiger partial charge in [0.2, 0.25) is 0 Å². The van der Waals surface area contributed by atoms with Gasteiger partial charge in [-0.2, -0.15) is 0 Å². The minimum Gasteiger partial charge on any atom is -0.489 e. The Hall–Kier alpha value is -2.23. The Morgan fingerprint density at radius 2 is 1.94 bits per heavy atom. The van der Waals surface area contributed by atoms with Gasteiger partial charge in [0.15, 0.2) is 0 Å². The van der Waals surface area contributed by atoms with Crippen LogP contribution in [0.1, 0.15) is 36.1 Å². The number of nitrogens with zero attached hydrogens (tertiary/aromatic N) is 3. The number of rotatable bonds is 5. The molecule has 0 spiro atoms. The second-order valence-electron chi connectivity index (χ2n) is 9.16. The fourth-order valence-corrected chi connectivity index (χ4v) is 7.25. The van der Waals surface area contributed by atoms with E-state index in [2.05, 4.69) is 48.3 Å². The SMILES string of the molecule is O=c1cc(OCc2ccccc2)ccn1-c1ccc2c3c(n(SI)c2c1)CC1CCCCN1C3. The Morgan fingerprint density at radius 1 is 1.06 bits per heavy atom. The third kappa shape index (κ3) is 4.07. The lowest BCUT2D eigenvalue weighted by atomic mass is 9.91. The number of piperidine rings is 1. The summed E-state index contributed by atoms with van der Waals surface area (Å²) in [7, 11) is 1.73. The van der Waals surface area contributed by atoms with Gasteiger partial charge in [-0.05, 0) is 48.7 Å². The normalized spacial score (nSPS) is 18.0. The molecule has 0 aliphatic carbocycles. The molecule has 5 nitrogen and oxygen atoms in total. The molecule has 1 fully saturated rings.